The zero-order valence-electron chi connectivity index (χ0n) is 12.3. The number of amides is 1. The summed E-state index contributed by atoms with van der Waals surface area (Å²) < 4.78 is 14.7. The number of halogens is 1. The minimum atomic E-state index is -0.556. The van der Waals surface area contributed by atoms with Crippen molar-refractivity contribution in [2.75, 3.05) is 0 Å². The summed E-state index contributed by atoms with van der Waals surface area (Å²) in [5, 5.41) is 7.13. The van der Waals surface area contributed by atoms with E-state index in [2.05, 4.69) is 10.4 Å². The van der Waals surface area contributed by atoms with Crippen molar-refractivity contribution in [1.82, 2.24) is 15.1 Å². The predicted octanol–water partition coefficient (Wildman–Crippen LogP) is 1.84. The summed E-state index contributed by atoms with van der Waals surface area (Å²) in [4.78, 5) is 11.6. The number of aromatic nitrogens is 2. The monoisotopic (exact) mass is 290 g/mol. The third-order valence-electron chi connectivity index (χ3n) is 3.36. The molecule has 2 aromatic rings. The lowest BCUT2D eigenvalue weighted by molar-refractivity contribution is -0.122. The Morgan fingerprint density at radius 3 is 2.52 bits per heavy atom. The maximum Gasteiger partial charge on any atom is 0.237 e. The average Bonchev–Trinajstić information content (AvgIpc) is 2.81. The Morgan fingerprint density at radius 1 is 1.33 bits per heavy atom. The summed E-state index contributed by atoms with van der Waals surface area (Å²) in [6.45, 7) is 5.41. The molecule has 0 spiro atoms. The average molecular weight is 290 g/mol. The molecule has 0 radical (unpaired) electrons. The van der Waals surface area contributed by atoms with E-state index in [1.807, 2.05) is 13.8 Å². The number of nitrogens with two attached hydrogens (primary N) is 1. The Labute approximate surface area is 123 Å². The van der Waals surface area contributed by atoms with Gasteiger partial charge in [-0.2, -0.15) is 5.10 Å². The predicted molar refractivity (Wildman–Crippen MR) is 78.5 cm³/mol. The minimum absolute atomic E-state index is 0.197. The molecule has 21 heavy (non-hydrogen) atoms. The SMILES string of the molecule is Cc1c(C(C)NC(=O)[C@H](C)N)cnn1-c1ccc(F)cc1. The molecule has 2 rings (SSSR count). The largest absolute Gasteiger partial charge is 0.348 e. The summed E-state index contributed by atoms with van der Waals surface area (Å²) in [6, 6.07) is 5.33. The highest BCUT2D eigenvalue weighted by Crippen LogP contribution is 2.20. The van der Waals surface area contributed by atoms with Crippen molar-refractivity contribution in [3.8, 4) is 5.69 Å². The fourth-order valence-electron chi connectivity index (χ4n) is 2.11. The zero-order chi connectivity index (χ0) is 15.6. The molecule has 3 N–H and O–H groups in total. The first-order chi connectivity index (χ1) is 9.90. The van der Waals surface area contributed by atoms with Gasteiger partial charge < -0.3 is 11.1 Å². The van der Waals surface area contributed by atoms with E-state index in [1.165, 1.54) is 12.1 Å². The van der Waals surface area contributed by atoms with E-state index in [9.17, 15) is 9.18 Å². The molecule has 0 aliphatic rings. The molecular weight excluding hydrogens is 271 g/mol. The van der Waals surface area contributed by atoms with Gasteiger partial charge in [0.05, 0.1) is 24.0 Å². The number of nitrogens with one attached hydrogen (secondary N) is 1. The first-order valence-electron chi connectivity index (χ1n) is 6.76. The summed E-state index contributed by atoms with van der Waals surface area (Å²) in [6.07, 6.45) is 1.70. The Morgan fingerprint density at radius 2 is 1.95 bits per heavy atom. The van der Waals surface area contributed by atoms with Gasteiger partial charge in [0.15, 0.2) is 0 Å². The number of hydrogen-bond donors (Lipinski definition) is 2. The second-order valence-electron chi connectivity index (χ2n) is 5.09. The maximum absolute atomic E-state index is 13.0. The fourth-order valence-corrected chi connectivity index (χ4v) is 2.11. The van der Waals surface area contributed by atoms with Crippen LogP contribution < -0.4 is 11.1 Å². The van der Waals surface area contributed by atoms with Crippen LogP contribution in [0.5, 0.6) is 0 Å². The molecule has 0 saturated carbocycles. The highest BCUT2D eigenvalue weighted by molar-refractivity contribution is 5.81. The second-order valence-corrected chi connectivity index (χ2v) is 5.09. The van der Waals surface area contributed by atoms with Crippen LogP contribution >= 0.6 is 0 Å². The molecule has 1 heterocycles. The number of rotatable bonds is 4. The van der Waals surface area contributed by atoms with Gasteiger partial charge >= 0.3 is 0 Å². The Bertz CT molecular complexity index is 634. The molecule has 1 aromatic heterocycles. The van der Waals surface area contributed by atoms with Gasteiger partial charge in [-0.05, 0) is 45.0 Å². The lowest BCUT2D eigenvalue weighted by Gasteiger charge is -2.15. The molecular formula is C15H19FN4O. The molecule has 0 aliphatic heterocycles. The molecule has 112 valence electrons. The van der Waals surface area contributed by atoms with Crippen LogP contribution in [0, 0.1) is 12.7 Å². The first kappa shape index (κ1) is 15.2. The van der Waals surface area contributed by atoms with Crippen LogP contribution in [0.25, 0.3) is 5.69 Å². The number of benzene rings is 1. The van der Waals surface area contributed by atoms with E-state index >= 15 is 0 Å². The van der Waals surface area contributed by atoms with E-state index in [-0.39, 0.29) is 17.8 Å². The number of carbonyl (C=O) groups is 1. The Kier molecular flexibility index (Phi) is 4.37. The molecule has 0 saturated heterocycles. The standard InChI is InChI=1S/C15H19FN4O/c1-9(17)15(21)19-10(2)14-8-18-20(11(14)3)13-6-4-12(16)5-7-13/h4-10H,17H2,1-3H3,(H,19,21)/t9-,10?/m0/s1. The van der Waals surface area contributed by atoms with E-state index < -0.39 is 6.04 Å². The summed E-state index contributed by atoms with van der Waals surface area (Å²) in [7, 11) is 0. The number of nitrogens with zero attached hydrogens (tertiary/aromatic N) is 2. The third-order valence-corrected chi connectivity index (χ3v) is 3.36. The van der Waals surface area contributed by atoms with E-state index in [0.29, 0.717) is 0 Å². The lowest BCUT2D eigenvalue weighted by Crippen LogP contribution is -2.39. The maximum atomic E-state index is 13.0. The quantitative estimate of drug-likeness (QED) is 0.902. The molecule has 6 heteroatoms. The Hall–Kier alpha value is -2.21. The summed E-state index contributed by atoms with van der Waals surface area (Å²) >= 11 is 0. The fraction of sp³-hybridized carbons (Fsp3) is 0.333. The van der Waals surface area contributed by atoms with Crippen molar-refractivity contribution in [3.05, 3.63) is 47.5 Å². The zero-order valence-corrected chi connectivity index (χ0v) is 12.3. The van der Waals surface area contributed by atoms with Crippen LogP contribution in [-0.2, 0) is 4.79 Å². The summed E-state index contributed by atoms with van der Waals surface area (Å²) in [5.41, 5.74) is 8.10. The van der Waals surface area contributed by atoms with Crippen LogP contribution in [0.1, 0.15) is 31.1 Å². The van der Waals surface area contributed by atoms with Gasteiger partial charge in [0.1, 0.15) is 5.82 Å². The Balaban J connectivity index is 2.24. The molecule has 1 aromatic carbocycles. The second kappa shape index (κ2) is 6.05. The van der Waals surface area contributed by atoms with E-state index in [0.717, 1.165) is 16.9 Å². The van der Waals surface area contributed by atoms with Crippen molar-refractivity contribution < 1.29 is 9.18 Å². The van der Waals surface area contributed by atoms with Crippen LogP contribution in [0.3, 0.4) is 0 Å². The van der Waals surface area contributed by atoms with Crippen LogP contribution in [-0.4, -0.2) is 21.7 Å². The first-order valence-corrected chi connectivity index (χ1v) is 6.76. The van der Waals surface area contributed by atoms with Gasteiger partial charge in [-0.15, -0.1) is 0 Å². The molecule has 2 atom stereocenters. The van der Waals surface area contributed by atoms with Gasteiger partial charge in [0.25, 0.3) is 0 Å². The van der Waals surface area contributed by atoms with Gasteiger partial charge in [-0.3, -0.25) is 4.79 Å². The van der Waals surface area contributed by atoms with Crippen LogP contribution in [0.15, 0.2) is 30.5 Å². The molecule has 0 aliphatic carbocycles. The van der Waals surface area contributed by atoms with E-state index in [4.69, 9.17) is 5.73 Å². The van der Waals surface area contributed by atoms with Gasteiger partial charge in [-0.1, -0.05) is 0 Å². The van der Waals surface area contributed by atoms with Gasteiger partial charge in [0.2, 0.25) is 5.91 Å². The lowest BCUT2D eigenvalue weighted by atomic mass is 10.1. The number of carbonyl (C=O) groups excluding carboxylic acids is 1. The molecule has 0 bridgehead atoms. The highest BCUT2D eigenvalue weighted by Gasteiger charge is 2.17. The topological polar surface area (TPSA) is 72.9 Å². The van der Waals surface area contributed by atoms with Crippen molar-refractivity contribution in [3.63, 3.8) is 0 Å². The smallest absolute Gasteiger partial charge is 0.237 e. The van der Waals surface area contributed by atoms with Gasteiger partial charge in [0, 0.05) is 11.3 Å². The van der Waals surface area contributed by atoms with Gasteiger partial charge in [-0.25, -0.2) is 9.07 Å². The molecule has 5 nitrogen and oxygen atoms in total. The third kappa shape index (κ3) is 3.28. The van der Waals surface area contributed by atoms with E-state index in [1.54, 1.807) is 29.9 Å². The molecule has 0 fully saturated rings. The van der Waals surface area contributed by atoms with Crippen molar-refractivity contribution >= 4 is 5.91 Å². The summed E-state index contributed by atoms with van der Waals surface area (Å²) in [5.74, 6) is -0.502. The van der Waals surface area contributed by atoms with Crippen molar-refractivity contribution in [2.45, 2.75) is 32.9 Å². The van der Waals surface area contributed by atoms with Crippen LogP contribution in [0.2, 0.25) is 0 Å². The number of hydrogen-bond acceptors (Lipinski definition) is 3. The minimum Gasteiger partial charge on any atom is -0.348 e. The molecule has 1 unspecified atom stereocenters. The molecule has 1 amide bonds. The van der Waals surface area contributed by atoms with Crippen molar-refractivity contribution in [2.24, 2.45) is 5.73 Å². The van der Waals surface area contributed by atoms with Crippen LogP contribution in [0.4, 0.5) is 4.39 Å². The highest BCUT2D eigenvalue weighted by atomic mass is 19.1. The van der Waals surface area contributed by atoms with Crippen molar-refractivity contribution in [1.29, 1.82) is 0 Å². The normalized spacial score (nSPS) is 13.8.